The van der Waals surface area contributed by atoms with Crippen LogP contribution in [0, 0.1) is 11.8 Å². The summed E-state index contributed by atoms with van der Waals surface area (Å²) in [5, 5.41) is 4.39. The van der Waals surface area contributed by atoms with E-state index in [0.717, 1.165) is 67.1 Å². The first kappa shape index (κ1) is 22.2. The molecule has 1 aliphatic carbocycles. The smallest absolute Gasteiger partial charge is 0.240 e. The van der Waals surface area contributed by atoms with E-state index in [1.165, 1.54) is 6.42 Å². The number of amides is 1. The molecule has 0 radical (unpaired) electrons. The molecule has 2 aliphatic heterocycles. The van der Waals surface area contributed by atoms with Crippen LogP contribution in [0.1, 0.15) is 49.4 Å². The Morgan fingerprint density at radius 3 is 2.57 bits per heavy atom. The zero-order chi connectivity index (χ0) is 23.8. The van der Waals surface area contributed by atoms with Crippen LogP contribution in [0.25, 0.3) is 11.4 Å². The minimum Gasteiger partial charge on any atom is -0.373 e. The van der Waals surface area contributed by atoms with Crippen molar-refractivity contribution in [2.45, 2.75) is 44.7 Å². The van der Waals surface area contributed by atoms with E-state index in [0.29, 0.717) is 18.4 Å². The molecule has 180 valence electrons. The van der Waals surface area contributed by atoms with Crippen LogP contribution in [0.3, 0.4) is 0 Å². The second-order valence-electron chi connectivity index (χ2n) is 10.1. The van der Waals surface area contributed by atoms with Gasteiger partial charge in [0, 0.05) is 62.7 Å². The molecule has 2 atom stereocenters. The highest BCUT2D eigenvalue weighted by Crippen LogP contribution is 2.45. The van der Waals surface area contributed by atoms with Gasteiger partial charge in [-0.25, -0.2) is 15.0 Å². The van der Waals surface area contributed by atoms with Gasteiger partial charge in [-0.2, -0.15) is 0 Å². The van der Waals surface area contributed by atoms with Crippen molar-refractivity contribution in [2.24, 2.45) is 11.8 Å². The van der Waals surface area contributed by atoms with Crippen LogP contribution in [0.4, 0.5) is 5.69 Å². The molecule has 0 N–H and O–H groups in total. The van der Waals surface area contributed by atoms with Crippen molar-refractivity contribution >= 4 is 11.6 Å². The van der Waals surface area contributed by atoms with Gasteiger partial charge < -0.3 is 4.90 Å². The zero-order valence-corrected chi connectivity index (χ0v) is 20.3. The maximum absolute atomic E-state index is 13.9. The fourth-order valence-corrected chi connectivity index (χ4v) is 6.16. The highest BCUT2D eigenvalue weighted by atomic mass is 16.2. The summed E-state index contributed by atoms with van der Waals surface area (Å²) in [6.07, 6.45) is 11.0. The normalized spacial score (nSPS) is 22.7. The number of hydrogen-bond acceptors (Lipinski definition) is 6. The van der Waals surface area contributed by atoms with E-state index >= 15 is 0 Å². The molecule has 3 aromatic rings. The first-order valence-corrected chi connectivity index (χ1v) is 12.8. The van der Waals surface area contributed by atoms with Crippen LogP contribution in [-0.4, -0.2) is 51.0 Å². The number of rotatable bonds is 4. The van der Waals surface area contributed by atoms with Gasteiger partial charge in [0.1, 0.15) is 0 Å². The summed E-state index contributed by atoms with van der Waals surface area (Å²) in [7, 11) is 2.13. The Morgan fingerprint density at radius 1 is 0.943 bits per heavy atom. The number of hydrogen-bond donors (Lipinski definition) is 0. The van der Waals surface area contributed by atoms with Gasteiger partial charge in [0.05, 0.1) is 17.4 Å². The summed E-state index contributed by atoms with van der Waals surface area (Å²) in [6.45, 7) is 2.33. The van der Waals surface area contributed by atoms with Gasteiger partial charge in [-0.15, -0.1) is 0 Å². The highest BCUT2D eigenvalue weighted by Gasteiger charge is 2.48. The second kappa shape index (κ2) is 9.38. The van der Waals surface area contributed by atoms with Crippen molar-refractivity contribution in [2.75, 3.05) is 25.0 Å². The van der Waals surface area contributed by atoms with E-state index in [9.17, 15) is 4.79 Å². The third-order valence-corrected chi connectivity index (χ3v) is 7.81. The molecule has 0 spiro atoms. The average Bonchev–Trinajstić information content (AvgIpc) is 3.27. The van der Waals surface area contributed by atoms with E-state index in [1.54, 1.807) is 12.4 Å². The number of hydrazine groups is 1. The van der Waals surface area contributed by atoms with Gasteiger partial charge in [0.2, 0.25) is 5.91 Å². The number of carbonyl (C=O) groups is 1. The lowest BCUT2D eigenvalue weighted by Crippen LogP contribution is -2.45. The summed E-state index contributed by atoms with van der Waals surface area (Å²) >= 11 is 0. The van der Waals surface area contributed by atoms with Gasteiger partial charge in [-0.3, -0.25) is 14.8 Å². The van der Waals surface area contributed by atoms with Gasteiger partial charge >= 0.3 is 0 Å². The molecule has 1 saturated heterocycles. The Labute approximate surface area is 206 Å². The van der Waals surface area contributed by atoms with E-state index in [4.69, 9.17) is 4.98 Å². The molecule has 4 heterocycles. The molecule has 6 rings (SSSR count). The third-order valence-electron chi connectivity index (χ3n) is 7.81. The van der Waals surface area contributed by atoms with Gasteiger partial charge in [0.15, 0.2) is 5.82 Å². The fourth-order valence-electron chi connectivity index (χ4n) is 6.16. The summed E-state index contributed by atoms with van der Waals surface area (Å²) in [5.41, 5.74) is 4.38. The molecule has 3 aliphatic rings. The van der Waals surface area contributed by atoms with Crippen molar-refractivity contribution in [1.82, 2.24) is 25.0 Å². The summed E-state index contributed by atoms with van der Waals surface area (Å²) in [4.78, 5) is 29.8. The molecular formula is C28H32N6O. The number of fused-ring (bicyclic) bond motifs is 3. The summed E-state index contributed by atoms with van der Waals surface area (Å²) in [6, 6.07) is 14.5. The molecule has 2 aromatic heterocycles. The molecule has 7 heteroatoms. The maximum Gasteiger partial charge on any atom is 0.240 e. The van der Waals surface area contributed by atoms with E-state index in [1.807, 2.05) is 24.4 Å². The molecule has 35 heavy (non-hydrogen) atoms. The number of pyridine rings is 1. The molecule has 1 saturated carbocycles. The third kappa shape index (κ3) is 4.18. The minimum atomic E-state index is 0.0894. The first-order valence-electron chi connectivity index (χ1n) is 12.8. The molecule has 7 nitrogen and oxygen atoms in total. The van der Waals surface area contributed by atoms with Crippen molar-refractivity contribution in [1.29, 1.82) is 0 Å². The Hall–Kier alpha value is -3.32. The fraction of sp³-hybridized carbons (Fsp3) is 0.429. The maximum atomic E-state index is 13.9. The predicted molar refractivity (Wildman–Crippen MR) is 135 cm³/mol. The topological polar surface area (TPSA) is 65.5 Å². The number of nitrogens with zero attached hydrogens (tertiary/aromatic N) is 6. The first-order chi connectivity index (χ1) is 17.2. The van der Waals surface area contributed by atoms with Gasteiger partial charge in [-0.1, -0.05) is 37.5 Å². The van der Waals surface area contributed by atoms with Crippen LogP contribution in [0.5, 0.6) is 0 Å². The number of aromatic nitrogens is 3. The number of carbonyl (C=O) groups excluding carboxylic acids is 1. The molecular weight excluding hydrogens is 436 g/mol. The Kier molecular flexibility index (Phi) is 5.94. The van der Waals surface area contributed by atoms with E-state index < -0.39 is 0 Å². The monoisotopic (exact) mass is 468 g/mol. The van der Waals surface area contributed by atoms with Crippen molar-refractivity contribution in [3.63, 3.8) is 0 Å². The number of benzene rings is 1. The highest BCUT2D eigenvalue weighted by molar-refractivity contribution is 5.79. The lowest BCUT2D eigenvalue weighted by molar-refractivity contribution is -0.153. The van der Waals surface area contributed by atoms with Crippen LogP contribution in [0.2, 0.25) is 0 Å². The Balaban J connectivity index is 1.36. The SMILES string of the molecule is CN1C[C@H]2CN(C(=O)C3CCCCC3)N(Cc3cccc(-c4ncccn4)c3)[C@H]2c2ncccc21. The quantitative estimate of drug-likeness (QED) is 0.562. The molecule has 0 bridgehead atoms. The van der Waals surface area contributed by atoms with Crippen molar-refractivity contribution < 1.29 is 4.79 Å². The van der Waals surface area contributed by atoms with Crippen LogP contribution in [-0.2, 0) is 11.3 Å². The van der Waals surface area contributed by atoms with Gasteiger partial charge in [-0.05, 0) is 42.7 Å². The molecule has 2 fully saturated rings. The van der Waals surface area contributed by atoms with Crippen LogP contribution < -0.4 is 4.90 Å². The standard InChI is InChI=1S/C28H32N6O/c1-32-18-23-19-34(28(35)21-9-3-2-4-10-21)33(26(23)25-24(32)12-6-13-29-25)17-20-8-5-11-22(16-20)27-30-14-7-15-31-27/h5-8,11-16,21,23,26H,2-4,9-10,17-19H2,1H3/t23-,26+/m0/s1. The van der Waals surface area contributed by atoms with E-state index in [2.05, 4.69) is 56.2 Å². The minimum absolute atomic E-state index is 0.0894. The predicted octanol–water partition coefficient (Wildman–Crippen LogP) is 4.49. The number of anilines is 1. The lowest BCUT2D eigenvalue weighted by Gasteiger charge is -2.38. The van der Waals surface area contributed by atoms with E-state index in [-0.39, 0.29) is 12.0 Å². The molecule has 0 unspecified atom stereocenters. The van der Waals surface area contributed by atoms with Crippen molar-refractivity contribution in [3.8, 4) is 11.4 Å². The largest absolute Gasteiger partial charge is 0.373 e. The van der Waals surface area contributed by atoms with Crippen LogP contribution >= 0.6 is 0 Å². The second-order valence-corrected chi connectivity index (χ2v) is 10.1. The molecule has 1 aromatic carbocycles. The van der Waals surface area contributed by atoms with Crippen molar-refractivity contribution in [3.05, 3.63) is 72.3 Å². The average molecular weight is 469 g/mol. The molecule has 1 amide bonds. The van der Waals surface area contributed by atoms with Crippen LogP contribution in [0.15, 0.2) is 61.1 Å². The summed E-state index contributed by atoms with van der Waals surface area (Å²) < 4.78 is 0. The Bertz CT molecular complexity index is 1190. The summed E-state index contributed by atoms with van der Waals surface area (Å²) in [5.74, 6) is 1.48. The lowest BCUT2D eigenvalue weighted by atomic mass is 9.88. The Morgan fingerprint density at radius 2 is 1.74 bits per heavy atom. The van der Waals surface area contributed by atoms with Gasteiger partial charge in [0.25, 0.3) is 0 Å². The zero-order valence-electron chi connectivity index (χ0n) is 20.3.